The van der Waals surface area contributed by atoms with Crippen molar-refractivity contribution < 1.29 is 24.9 Å². The van der Waals surface area contributed by atoms with Crippen LogP contribution < -0.4 is 0 Å². The number of aromatic hydroxyl groups is 1. The number of hydrogen-bond acceptors (Lipinski definition) is 3. The standard InChI is InChI=1S/C8H10O.2C7H6O2/c1-6-4-3-5-8(9)7(6)2;2*8-7(9)6-4-2-1-3-5-6/h3-5,9H,1-2H3;2*1-5H,(H,8,9). The molecule has 0 fully saturated rings. The first-order chi connectivity index (χ1) is 12.8. The Hall–Kier alpha value is -3.60. The van der Waals surface area contributed by atoms with Gasteiger partial charge in [-0.05, 0) is 55.3 Å². The van der Waals surface area contributed by atoms with Crippen molar-refractivity contribution >= 4 is 11.9 Å². The number of carboxylic acid groups (broad SMARTS) is 2. The Kier molecular flexibility index (Phi) is 8.82. The van der Waals surface area contributed by atoms with E-state index in [1.54, 1.807) is 66.7 Å². The average Bonchev–Trinajstić information content (AvgIpc) is 2.68. The summed E-state index contributed by atoms with van der Waals surface area (Å²) in [4.78, 5) is 20.4. The molecule has 5 nitrogen and oxygen atoms in total. The highest BCUT2D eigenvalue weighted by molar-refractivity contribution is 5.87. The van der Waals surface area contributed by atoms with Crippen molar-refractivity contribution in [3.05, 3.63) is 101 Å². The van der Waals surface area contributed by atoms with Crippen molar-refractivity contribution in [3.63, 3.8) is 0 Å². The molecule has 0 unspecified atom stereocenters. The number of carboxylic acids is 2. The van der Waals surface area contributed by atoms with Gasteiger partial charge in [-0.25, -0.2) is 9.59 Å². The van der Waals surface area contributed by atoms with E-state index in [0.717, 1.165) is 11.1 Å². The number of hydrogen-bond donors (Lipinski definition) is 3. The summed E-state index contributed by atoms with van der Waals surface area (Å²) in [5.41, 5.74) is 2.77. The fourth-order valence-electron chi connectivity index (χ4n) is 1.90. The molecule has 0 aliphatic heterocycles. The molecular weight excluding hydrogens is 344 g/mol. The lowest BCUT2D eigenvalue weighted by molar-refractivity contribution is 0.0686. The Morgan fingerprint density at radius 2 is 1.04 bits per heavy atom. The zero-order valence-electron chi connectivity index (χ0n) is 15.2. The molecule has 0 bridgehead atoms. The van der Waals surface area contributed by atoms with Gasteiger partial charge in [-0.2, -0.15) is 0 Å². The molecule has 0 saturated carbocycles. The number of aryl methyl sites for hydroxylation is 1. The van der Waals surface area contributed by atoms with Crippen LogP contribution in [-0.4, -0.2) is 27.3 Å². The second-order valence-electron chi connectivity index (χ2n) is 5.56. The van der Waals surface area contributed by atoms with Crippen molar-refractivity contribution in [2.45, 2.75) is 13.8 Å². The molecule has 3 aromatic carbocycles. The second-order valence-corrected chi connectivity index (χ2v) is 5.56. The summed E-state index contributed by atoms with van der Waals surface area (Å²) in [6.45, 7) is 3.89. The van der Waals surface area contributed by atoms with Gasteiger partial charge in [0.25, 0.3) is 0 Å². The zero-order chi connectivity index (χ0) is 20.2. The molecular formula is C22H22O5. The number of aromatic carboxylic acids is 2. The van der Waals surface area contributed by atoms with Crippen LogP contribution in [0.15, 0.2) is 78.9 Å². The predicted molar refractivity (Wildman–Crippen MR) is 104 cm³/mol. The van der Waals surface area contributed by atoms with Gasteiger partial charge in [-0.15, -0.1) is 0 Å². The maximum atomic E-state index is 10.2. The smallest absolute Gasteiger partial charge is 0.335 e. The third-order valence-electron chi connectivity index (χ3n) is 3.62. The van der Waals surface area contributed by atoms with Gasteiger partial charge in [-0.3, -0.25) is 0 Å². The van der Waals surface area contributed by atoms with Crippen LogP contribution in [-0.2, 0) is 0 Å². The number of rotatable bonds is 2. The number of phenols is 1. The van der Waals surface area contributed by atoms with E-state index in [-0.39, 0.29) is 0 Å². The molecule has 27 heavy (non-hydrogen) atoms. The highest BCUT2D eigenvalue weighted by Gasteiger charge is 1.97. The molecule has 0 aliphatic rings. The molecule has 0 atom stereocenters. The molecule has 3 rings (SSSR count). The van der Waals surface area contributed by atoms with Gasteiger partial charge in [0.2, 0.25) is 0 Å². The highest BCUT2D eigenvalue weighted by atomic mass is 16.4. The molecule has 140 valence electrons. The molecule has 0 spiro atoms. The molecule has 3 aromatic rings. The predicted octanol–water partition coefficient (Wildman–Crippen LogP) is 4.78. The summed E-state index contributed by atoms with van der Waals surface area (Å²) < 4.78 is 0. The van der Waals surface area contributed by atoms with Crippen molar-refractivity contribution in [1.82, 2.24) is 0 Å². The summed E-state index contributed by atoms with van der Waals surface area (Å²) in [6.07, 6.45) is 0. The largest absolute Gasteiger partial charge is 0.508 e. The molecule has 0 heterocycles. The van der Waals surface area contributed by atoms with Crippen LogP contribution in [0.5, 0.6) is 5.75 Å². The van der Waals surface area contributed by atoms with Crippen molar-refractivity contribution in [2.75, 3.05) is 0 Å². The van der Waals surface area contributed by atoms with Crippen LogP contribution in [0.2, 0.25) is 0 Å². The Balaban J connectivity index is 0.000000202. The Bertz CT molecular complexity index is 789. The van der Waals surface area contributed by atoms with Crippen LogP contribution in [0.4, 0.5) is 0 Å². The monoisotopic (exact) mass is 366 g/mol. The SMILES string of the molecule is Cc1cccc(O)c1C.O=C(O)c1ccccc1.O=C(O)c1ccccc1. The average molecular weight is 366 g/mol. The van der Waals surface area contributed by atoms with E-state index in [9.17, 15) is 9.59 Å². The molecule has 0 amide bonds. The second kappa shape index (κ2) is 11.1. The van der Waals surface area contributed by atoms with E-state index in [0.29, 0.717) is 16.9 Å². The third-order valence-corrected chi connectivity index (χ3v) is 3.62. The summed E-state index contributed by atoms with van der Waals surface area (Å²) in [6, 6.07) is 22.1. The van der Waals surface area contributed by atoms with Crippen molar-refractivity contribution in [3.8, 4) is 5.75 Å². The first kappa shape index (κ1) is 21.4. The maximum Gasteiger partial charge on any atom is 0.335 e. The lowest BCUT2D eigenvalue weighted by Crippen LogP contribution is -1.93. The summed E-state index contributed by atoms with van der Waals surface area (Å²) in [5, 5.41) is 25.9. The van der Waals surface area contributed by atoms with E-state index in [4.69, 9.17) is 15.3 Å². The lowest BCUT2D eigenvalue weighted by atomic mass is 10.1. The van der Waals surface area contributed by atoms with Gasteiger partial charge in [0.15, 0.2) is 0 Å². The topological polar surface area (TPSA) is 94.8 Å². The number of benzene rings is 3. The maximum absolute atomic E-state index is 10.2. The number of carbonyl (C=O) groups is 2. The van der Waals surface area contributed by atoms with Gasteiger partial charge in [0.05, 0.1) is 11.1 Å². The van der Waals surface area contributed by atoms with Crippen molar-refractivity contribution in [1.29, 1.82) is 0 Å². The Morgan fingerprint density at radius 1 is 0.630 bits per heavy atom. The lowest BCUT2D eigenvalue weighted by Gasteiger charge is -1.99. The molecule has 5 heteroatoms. The minimum atomic E-state index is -0.879. The quantitative estimate of drug-likeness (QED) is 0.607. The normalized spacial score (nSPS) is 9.11. The van der Waals surface area contributed by atoms with E-state index in [1.807, 2.05) is 26.0 Å². The van der Waals surface area contributed by atoms with Gasteiger partial charge >= 0.3 is 11.9 Å². The van der Waals surface area contributed by atoms with Gasteiger partial charge < -0.3 is 15.3 Å². The van der Waals surface area contributed by atoms with Gasteiger partial charge in [-0.1, -0.05) is 48.5 Å². The molecule has 0 radical (unpaired) electrons. The highest BCUT2D eigenvalue weighted by Crippen LogP contribution is 2.17. The Labute approximate surface area is 158 Å². The molecule has 3 N–H and O–H groups in total. The number of phenolic OH excluding ortho intramolecular Hbond substituents is 1. The van der Waals surface area contributed by atoms with Gasteiger partial charge in [0.1, 0.15) is 5.75 Å². The fraction of sp³-hybridized carbons (Fsp3) is 0.0909. The van der Waals surface area contributed by atoms with Crippen LogP contribution in [0.25, 0.3) is 0 Å². The summed E-state index contributed by atoms with van der Waals surface area (Å²) >= 11 is 0. The zero-order valence-corrected chi connectivity index (χ0v) is 15.2. The van der Waals surface area contributed by atoms with Crippen LogP contribution in [0.3, 0.4) is 0 Å². The van der Waals surface area contributed by atoms with Crippen molar-refractivity contribution in [2.24, 2.45) is 0 Å². The Morgan fingerprint density at radius 3 is 1.30 bits per heavy atom. The summed E-state index contributed by atoms with van der Waals surface area (Å²) in [5.74, 6) is -1.37. The minimum Gasteiger partial charge on any atom is -0.508 e. The van der Waals surface area contributed by atoms with E-state index in [2.05, 4.69) is 0 Å². The first-order valence-corrected chi connectivity index (χ1v) is 8.14. The fourth-order valence-corrected chi connectivity index (χ4v) is 1.90. The molecule has 0 saturated heterocycles. The van der Waals surface area contributed by atoms with E-state index < -0.39 is 11.9 Å². The van der Waals surface area contributed by atoms with Crippen LogP contribution in [0.1, 0.15) is 31.8 Å². The van der Waals surface area contributed by atoms with Gasteiger partial charge in [0, 0.05) is 0 Å². The molecule has 0 aromatic heterocycles. The molecule has 0 aliphatic carbocycles. The first-order valence-electron chi connectivity index (χ1n) is 8.14. The minimum absolute atomic E-state index is 0.331. The van der Waals surface area contributed by atoms with Crippen LogP contribution >= 0.6 is 0 Å². The van der Waals surface area contributed by atoms with E-state index in [1.165, 1.54) is 0 Å². The van der Waals surface area contributed by atoms with E-state index >= 15 is 0 Å². The van der Waals surface area contributed by atoms with Crippen LogP contribution in [0, 0.1) is 13.8 Å². The third kappa shape index (κ3) is 7.88. The summed E-state index contributed by atoms with van der Waals surface area (Å²) in [7, 11) is 0.